The molecule has 8 heteroatoms. The topological polar surface area (TPSA) is 127 Å². The maximum Gasteiger partial charge on any atom is 0.356 e. The summed E-state index contributed by atoms with van der Waals surface area (Å²) >= 11 is 0. The molecule has 0 saturated heterocycles. The van der Waals surface area contributed by atoms with Gasteiger partial charge < -0.3 is 20.9 Å². The van der Waals surface area contributed by atoms with Gasteiger partial charge >= 0.3 is 5.97 Å². The van der Waals surface area contributed by atoms with Crippen LogP contribution in [0.1, 0.15) is 10.5 Å². The molecule has 0 aliphatic carbocycles. The number of hydrogen-bond donors (Lipinski definition) is 3. The van der Waals surface area contributed by atoms with E-state index in [1.807, 2.05) is 0 Å². The van der Waals surface area contributed by atoms with E-state index in [-0.39, 0.29) is 18.9 Å². The molecular weight excluding hydrogens is 228 g/mol. The number of hydrogen-bond acceptors (Lipinski definition) is 6. The summed E-state index contributed by atoms with van der Waals surface area (Å²) in [5.41, 5.74) is 4.72. The van der Waals surface area contributed by atoms with Gasteiger partial charge in [0.1, 0.15) is 12.4 Å². The summed E-state index contributed by atoms with van der Waals surface area (Å²) < 4.78 is 4.89. The van der Waals surface area contributed by atoms with Gasteiger partial charge in [-0.25, -0.2) is 9.78 Å². The summed E-state index contributed by atoms with van der Waals surface area (Å²) in [6.07, 6.45) is 2.54. The van der Waals surface area contributed by atoms with Crippen LogP contribution in [-0.2, 0) is 9.53 Å². The average molecular weight is 240 g/mol. The molecule has 0 bridgehead atoms. The minimum absolute atomic E-state index is 0.145. The lowest BCUT2D eigenvalue weighted by atomic mass is 10.4. The molecule has 17 heavy (non-hydrogen) atoms. The van der Waals surface area contributed by atoms with E-state index in [1.165, 1.54) is 6.20 Å². The number of ether oxygens (including phenoxy) is 1. The van der Waals surface area contributed by atoms with Gasteiger partial charge in [0.2, 0.25) is 5.91 Å². The summed E-state index contributed by atoms with van der Waals surface area (Å²) in [6, 6.07) is 0. The second-order valence-electron chi connectivity index (χ2n) is 3.04. The summed E-state index contributed by atoms with van der Waals surface area (Å²) in [5, 5.41) is 11.5. The zero-order valence-corrected chi connectivity index (χ0v) is 8.92. The Labute approximate surface area is 96.8 Å². The Bertz CT molecular complexity index is 410. The second kappa shape index (κ2) is 6.38. The van der Waals surface area contributed by atoms with Crippen molar-refractivity contribution in [1.29, 1.82) is 0 Å². The third-order valence-electron chi connectivity index (χ3n) is 1.65. The van der Waals surface area contributed by atoms with Gasteiger partial charge in [-0.15, -0.1) is 0 Å². The Balaban J connectivity index is 2.34. The molecule has 0 unspecified atom stereocenters. The number of nitrogens with zero attached hydrogens (tertiary/aromatic N) is 2. The van der Waals surface area contributed by atoms with Crippen LogP contribution in [0.2, 0.25) is 0 Å². The van der Waals surface area contributed by atoms with Crippen LogP contribution in [0.4, 0.5) is 5.82 Å². The van der Waals surface area contributed by atoms with Gasteiger partial charge in [0.15, 0.2) is 5.69 Å². The van der Waals surface area contributed by atoms with Crippen molar-refractivity contribution in [3.05, 3.63) is 18.1 Å². The number of carbonyl (C=O) groups excluding carboxylic acids is 1. The number of rotatable bonds is 7. The van der Waals surface area contributed by atoms with Crippen molar-refractivity contribution in [3.8, 4) is 0 Å². The van der Waals surface area contributed by atoms with Crippen molar-refractivity contribution in [1.82, 2.24) is 9.97 Å². The standard InChI is InChI=1S/C9H12N4O4/c10-7(14)5-17-2-1-12-8-4-11-3-6(13-8)9(15)16/h3-4H,1-2,5H2,(H2,10,14)(H,12,13)(H,15,16). The fourth-order valence-corrected chi connectivity index (χ4v) is 0.978. The van der Waals surface area contributed by atoms with E-state index in [1.54, 1.807) is 0 Å². The highest BCUT2D eigenvalue weighted by atomic mass is 16.5. The van der Waals surface area contributed by atoms with Gasteiger partial charge in [0.05, 0.1) is 19.0 Å². The Morgan fingerprint density at radius 1 is 1.47 bits per heavy atom. The second-order valence-corrected chi connectivity index (χ2v) is 3.04. The van der Waals surface area contributed by atoms with E-state index in [2.05, 4.69) is 15.3 Å². The third-order valence-corrected chi connectivity index (χ3v) is 1.65. The number of amides is 1. The zero-order valence-electron chi connectivity index (χ0n) is 8.92. The predicted molar refractivity (Wildman–Crippen MR) is 57.5 cm³/mol. The van der Waals surface area contributed by atoms with Crippen molar-refractivity contribution in [2.75, 3.05) is 25.1 Å². The molecule has 4 N–H and O–H groups in total. The molecule has 1 aromatic heterocycles. The fourth-order valence-electron chi connectivity index (χ4n) is 0.978. The highest BCUT2D eigenvalue weighted by Gasteiger charge is 2.05. The zero-order chi connectivity index (χ0) is 12.7. The first-order valence-corrected chi connectivity index (χ1v) is 4.75. The molecule has 0 aliphatic rings. The van der Waals surface area contributed by atoms with Crippen LogP contribution in [0.5, 0.6) is 0 Å². The van der Waals surface area contributed by atoms with Crippen molar-refractivity contribution < 1.29 is 19.4 Å². The van der Waals surface area contributed by atoms with Crippen LogP contribution >= 0.6 is 0 Å². The Morgan fingerprint density at radius 2 is 2.24 bits per heavy atom. The molecule has 1 heterocycles. The van der Waals surface area contributed by atoms with Crippen LogP contribution in [0, 0.1) is 0 Å². The summed E-state index contributed by atoms with van der Waals surface area (Å²) in [4.78, 5) is 28.4. The molecule has 1 amide bonds. The van der Waals surface area contributed by atoms with Crippen molar-refractivity contribution >= 4 is 17.7 Å². The molecule has 0 radical (unpaired) electrons. The third kappa shape index (κ3) is 4.89. The molecule has 1 aromatic rings. The largest absolute Gasteiger partial charge is 0.476 e. The highest BCUT2D eigenvalue weighted by Crippen LogP contribution is 2.01. The monoisotopic (exact) mass is 240 g/mol. The molecule has 0 spiro atoms. The number of nitrogens with one attached hydrogen (secondary N) is 1. The minimum atomic E-state index is -1.15. The fraction of sp³-hybridized carbons (Fsp3) is 0.333. The number of nitrogens with two attached hydrogens (primary N) is 1. The Hall–Kier alpha value is -2.22. The van der Waals surface area contributed by atoms with Crippen LogP contribution < -0.4 is 11.1 Å². The molecule has 1 rings (SSSR count). The van der Waals surface area contributed by atoms with E-state index in [9.17, 15) is 9.59 Å². The molecule has 0 fully saturated rings. The van der Waals surface area contributed by atoms with Gasteiger partial charge in [0, 0.05) is 6.54 Å². The first kappa shape index (κ1) is 12.8. The SMILES string of the molecule is NC(=O)COCCNc1cncc(C(=O)O)n1. The summed E-state index contributed by atoms with van der Waals surface area (Å²) in [6.45, 7) is 0.468. The Kier molecular flexibility index (Phi) is 4.82. The normalized spacial score (nSPS) is 9.88. The number of aromatic nitrogens is 2. The van der Waals surface area contributed by atoms with Crippen LogP contribution in [0.25, 0.3) is 0 Å². The number of carboxylic acid groups (broad SMARTS) is 1. The van der Waals surface area contributed by atoms with Gasteiger partial charge in [-0.3, -0.25) is 9.78 Å². The smallest absolute Gasteiger partial charge is 0.356 e. The van der Waals surface area contributed by atoms with E-state index >= 15 is 0 Å². The molecule has 8 nitrogen and oxygen atoms in total. The van der Waals surface area contributed by atoms with Crippen molar-refractivity contribution in [2.24, 2.45) is 5.73 Å². The molecule has 92 valence electrons. The van der Waals surface area contributed by atoms with Crippen molar-refractivity contribution in [2.45, 2.75) is 0 Å². The summed E-state index contributed by atoms with van der Waals surface area (Å²) in [7, 11) is 0. The predicted octanol–water partition coefficient (Wildman–Crippen LogP) is -0.911. The van der Waals surface area contributed by atoms with Gasteiger partial charge in [-0.2, -0.15) is 0 Å². The van der Waals surface area contributed by atoms with Gasteiger partial charge in [-0.05, 0) is 0 Å². The molecular formula is C9H12N4O4. The van der Waals surface area contributed by atoms with E-state index < -0.39 is 11.9 Å². The average Bonchev–Trinajstić information content (AvgIpc) is 2.28. The summed E-state index contributed by atoms with van der Waals surface area (Å²) in [5.74, 6) is -1.36. The molecule has 0 atom stereocenters. The lowest BCUT2D eigenvalue weighted by molar-refractivity contribution is -0.122. The molecule has 0 aromatic carbocycles. The maximum absolute atomic E-state index is 10.6. The number of primary amides is 1. The number of carbonyl (C=O) groups is 2. The van der Waals surface area contributed by atoms with Crippen molar-refractivity contribution in [3.63, 3.8) is 0 Å². The van der Waals surface area contributed by atoms with E-state index in [4.69, 9.17) is 15.6 Å². The molecule has 0 aliphatic heterocycles. The van der Waals surface area contributed by atoms with E-state index in [0.29, 0.717) is 12.4 Å². The maximum atomic E-state index is 10.6. The quantitative estimate of drug-likeness (QED) is 0.526. The highest BCUT2D eigenvalue weighted by molar-refractivity contribution is 5.85. The minimum Gasteiger partial charge on any atom is -0.476 e. The first-order chi connectivity index (χ1) is 8.09. The van der Waals surface area contributed by atoms with Crippen LogP contribution in [0.3, 0.4) is 0 Å². The van der Waals surface area contributed by atoms with Gasteiger partial charge in [-0.1, -0.05) is 0 Å². The molecule has 0 saturated carbocycles. The van der Waals surface area contributed by atoms with E-state index in [0.717, 1.165) is 6.20 Å². The Morgan fingerprint density at radius 3 is 2.88 bits per heavy atom. The number of aromatic carboxylic acids is 1. The first-order valence-electron chi connectivity index (χ1n) is 4.75. The number of anilines is 1. The number of carboxylic acids is 1. The van der Waals surface area contributed by atoms with Crippen LogP contribution in [-0.4, -0.2) is 46.7 Å². The van der Waals surface area contributed by atoms with Crippen LogP contribution in [0.15, 0.2) is 12.4 Å². The lowest BCUT2D eigenvalue weighted by Crippen LogP contribution is -2.20. The lowest BCUT2D eigenvalue weighted by Gasteiger charge is -2.05. The van der Waals surface area contributed by atoms with Gasteiger partial charge in [0.25, 0.3) is 0 Å².